The third kappa shape index (κ3) is 3.46. The van der Waals surface area contributed by atoms with Crippen molar-refractivity contribution in [1.82, 2.24) is 0 Å². The summed E-state index contributed by atoms with van der Waals surface area (Å²) < 4.78 is 0.793. The van der Waals surface area contributed by atoms with Crippen molar-refractivity contribution in [2.45, 2.75) is 27.3 Å². The minimum absolute atomic E-state index is 0.0211. The van der Waals surface area contributed by atoms with Gasteiger partial charge in [-0.1, -0.05) is 11.2 Å². The zero-order valence-corrected chi connectivity index (χ0v) is 12.1. The van der Waals surface area contributed by atoms with E-state index in [1.165, 1.54) is 6.07 Å². The van der Waals surface area contributed by atoms with Gasteiger partial charge in [-0.05, 0) is 32.4 Å². The Balaban J connectivity index is 3.23. The first-order valence-electron chi connectivity index (χ1n) is 6.69. The lowest BCUT2D eigenvalue weighted by molar-refractivity contribution is -0.936. The van der Waals surface area contributed by atoms with E-state index in [9.17, 15) is 10.1 Å². The van der Waals surface area contributed by atoms with Crippen molar-refractivity contribution in [3.05, 3.63) is 44.3 Å². The van der Waals surface area contributed by atoms with Crippen molar-refractivity contribution in [2.75, 3.05) is 19.6 Å². The maximum absolute atomic E-state index is 11.2. The average Bonchev–Trinajstić information content (AvgIpc) is 2.46. The predicted molar refractivity (Wildman–Crippen MR) is 77.5 cm³/mol. The van der Waals surface area contributed by atoms with Gasteiger partial charge in [0, 0.05) is 16.7 Å². The lowest BCUT2D eigenvalue weighted by atomic mass is 10.1. The van der Waals surface area contributed by atoms with Gasteiger partial charge in [-0.15, -0.1) is 0 Å². The summed E-state index contributed by atoms with van der Waals surface area (Å²) in [5.74, 6) is 0. The molecule has 0 N–H and O–H groups in total. The van der Waals surface area contributed by atoms with Crippen molar-refractivity contribution in [3.63, 3.8) is 0 Å². The summed E-state index contributed by atoms with van der Waals surface area (Å²) in [6, 6.07) is 4.65. The van der Waals surface area contributed by atoms with Gasteiger partial charge in [0.25, 0.3) is 5.69 Å². The topological polar surface area (TPSA) is 91.9 Å². The van der Waals surface area contributed by atoms with Crippen LogP contribution < -0.4 is 0 Å². The fourth-order valence-corrected chi connectivity index (χ4v) is 2.34. The summed E-state index contributed by atoms with van der Waals surface area (Å²) in [5.41, 5.74) is 9.37. The van der Waals surface area contributed by atoms with Crippen molar-refractivity contribution in [3.8, 4) is 0 Å². The Morgan fingerprint density at radius 3 is 2.35 bits per heavy atom. The number of nitro groups is 1. The fraction of sp³-hybridized carbons (Fsp3) is 0.538. The fourth-order valence-electron chi connectivity index (χ4n) is 2.34. The van der Waals surface area contributed by atoms with E-state index < -0.39 is 4.92 Å². The highest BCUT2D eigenvalue weighted by Gasteiger charge is 2.26. The Kier molecular flexibility index (Phi) is 5.49. The maximum Gasteiger partial charge on any atom is 0.278 e. The molecule has 0 radical (unpaired) electrons. The molecule has 0 aromatic heterocycles. The van der Waals surface area contributed by atoms with Gasteiger partial charge in [0.05, 0.1) is 30.1 Å². The Morgan fingerprint density at radius 1 is 1.30 bits per heavy atom. The van der Waals surface area contributed by atoms with Gasteiger partial charge in [-0.2, -0.15) is 0 Å². The molecule has 20 heavy (non-hydrogen) atoms. The van der Waals surface area contributed by atoms with Crippen LogP contribution in [0.3, 0.4) is 0 Å². The lowest BCUT2D eigenvalue weighted by Crippen LogP contribution is -2.46. The Labute approximate surface area is 118 Å². The number of nitrogens with zero attached hydrogens (tertiary/aromatic N) is 5. The van der Waals surface area contributed by atoms with Crippen LogP contribution in [0.2, 0.25) is 0 Å². The van der Waals surface area contributed by atoms with E-state index in [1.54, 1.807) is 12.1 Å². The minimum Gasteiger partial charge on any atom is -0.320 e. The number of hydrogen-bond donors (Lipinski definition) is 0. The minimum atomic E-state index is -0.415. The number of benzene rings is 1. The molecule has 0 amide bonds. The van der Waals surface area contributed by atoms with Crippen LogP contribution in [0.5, 0.6) is 0 Å². The van der Waals surface area contributed by atoms with E-state index in [-0.39, 0.29) is 11.4 Å². The quantitative estimate of drug-likeness (QED) is 0.189. The molecule has 0 aliphatic heterocycles. The number of nitro benzene ring substituents is 1. The van der Waals surface area contributed by atoms with Gasteiger partial charge in [-0.25, -0.2) is 0 Å². The zero-order valence-electron chi connectivity index (χ0n) is 12.1. The number of hydrogen-bond acceptors (Lipinski definition) is 3. The van der Waals surface area contributed by atoms with Gasteiger partial charge in [0.2, 0.25) is 0 Å². The summed E-state index contributed by atoms with van der Waals surface area (Å²) >= 11 is 0. The number of quaternary nitrogens is 1. The van der Waals surface area contributed by atoms with E-state index in [0.717, 1.165) is 24.1 Å². The first-order chi connectivity index (χ1) is 9.51. The van der Waals surface area contributed by atoms with E-state index in [0.29, 0.717) is 12.1 Å². The van der Waals surface area contributed by atoms with E-state index in [2.05, 4.69) is 30.8 Å². The molecule has 7 heteroatoms. The smallest absolute Gasteiger partial charge is 0.278 e. The second kappa shape index (κ2) is 6.88. The molecule has 1 rings (SSSR count). The normalized spacial score (nSPS) is 10.9. The van der Waals surface area contributed by atoms with Crippen molar-refractivity contribution in [1.29, 1.82) is 0 Å². The number of rotatable bonds is 7. The summed E-state index contributed by atoms with van der Waals surface area (Å²) in [4.78, 5) is 13.4. The molecule has 0 saturated carbocycles. The third-order valence-corrected chi connectivity index (χ3v) is 3.94. The molecule has 0 bridgehead atoms. The Morgan fingerprint density at radius 2 is 1.90 bits per heavy atom. The van der Waals surface area contributed by atoms with Crippen LogP contribution in [0, 0.1) is 10.1 Å². The van der Waals surface area contributed by atoms with E-state index in [1.807, 2.05) is 0 Å². The molecule has 0 aliphatic carbocycles. The maximum atomic E-state index is 11.2. The second-order valence-electron chi connectivity index (χ2n) is 4.71. The first-order valence-corrected chi connectivity index (χ1v) is 6.69. The van der Waals surface area contributed by atoms with Gasteiger partial charge in [0.15, 0.2) is 0 Å². The highest BCUT2D eigenvalue weighted by Crippen LogP contribution is 2.28. The van der Waals surface area contributed by atoms with Crippen LogP contribution in [0.15, 0.2) is 23.3 Å². The predicted octanol–water partition coefficient (Wildman–Crippen LogP) is 3.91. The summed E-state index contributed by atoms with van der Waals surface area (Å²) in [7, 11) is 0. The van der Waals surface area contributed by atoms with Crippen LogP contribution >= 0.6 is 0 Å². The van der Waals surface area contributed by atoms with Gasteiger partial charge in [0.1, 0.15) is 6.54 Å². The molecule has 0 atom stereocenters. The SMILES string of the molecule is CC[N+](CC)(CC)Cc1ccc(N=[N+]=[N-])cc1[N+](=O)[O-]. The molecule has 0 spiro atoms. The van der Waals surface area contributed by atoms with Crippen LogP contribution in [-0.4, -0.2) is 29.0 Å². The first kappa shape index (κ1) is 15.9. The molecule has 108 valence electrons. The second-order valence-corrected chi connectivity index (χ2v) is 4.71. The zero-order chi connectivity index (χ0) is 15.2. The van der Waals surface area contributed by atoms with Crippen molar-refractivity contribution in [2.24, 2.45) is 5.11 Å². The average molecular weight is 278 g/mol. The molecule has 0 unspecified atom stereocenters. The van der Waals surface area contributed by atoms with Crippen LogP contribution in [-0.2, 0) is 6.54 Å². The molecule has 1 aromatic rings. The third-order valence-electron chi connectivity index (χ3n) is 3.94. The van der Waals surface area contributed by atoms with Crippen LogP contribution in [0.25, 0.3) is 10.4 Å². The summed E-state index contributed by atoms with van der Waals surface area (Å²) in [6.45, 7) is 9.64. The Bertz CT molecular complexity index is 525. The van der Waals surface area contributed by atoms with Gasteiger partial charge < -0.3 is 4.48 Å². The molecular formula is C13H20N5O2+. The standard InChI is InChI=1S/C13H20N5O2/c1-4-18(5-2,6-3)10-11-7-8-12(15-16-14)9-13(11)17(19)20/h7-9H,4-6,10H2,1-3H3/q+1. The summed E-state index contributed by atoms with van der Waals surface area (Å²) in [6.07, 6.45) is 0. The largest absolute Gasteiger partial charge is 0.320 e. The molecule has 0 heterocycles. The molecule has 7 nitrogen and oxygen atoms in total. The molecule has 0 aliphatic rings. The highest BCUT2D eigenvalue weighted by molar-refractivity contribution is 5.51. The number of azide groups is 1. The lowest BCUT2D eigenvalue weighted by Gasteiger charge is -2.35. The molecule has 0 fully saturated rings. The van der Waals surface area contributed by atoms with Gasteiger partial charge >= 0.3 is 0 Å². The monoisotopic (exact) mass is 278 g/mol. The van der Waals surface area contributed by atoms with Crippen molar-refractivity contribution < 1.29 is 9.41 Å². The summed E-state index contributed by atoms with van der Waals surface area (Å²) in [5, 5.41) is 14.6. The Hall–Kier alpha value is -2.11. The van der Waals surface area contributed by atoms with Crippen LogP contribution in [0.1, 0.15) is 26.3 Å². The van der Waals surface area contributed by atoms with E-state index in [4.69, 9.17) is 5.53 Å². The van der Waals surface area contributed by atoms with Crippen molar-refractivity contribution >= 4 is 11.4 Å². The van der Waals surface area contributed by atoms with E-state index >= 15 is 0 Å². The van der Waals surface area contributed by atoms with Crippen LogP contribution in [0.4, 0.5) is 11.4 Å². The molecular weight excluding hydrogens is 258 g/mol. The molecule has 1 aromatic carbocycles. The van der Waals surface area contributed by atoms with Gasteiger partial charge in [-0.3, -0.25) is 10.1 Å². The molecule has 0 saturated heterocycles. The highest BCUT2D eigenvalue weighted by atomic mass is 16.6.